The van der Waals surface area contributed by atoms with Crippen molar-refractivity contribution in [2.75, 3.05) is 6.79 Å². The number of nitrogens with one attached hydrogen (secondary N) is 1. The molecule has 0 spiro atoms. The van der Waals surface area contributed by atoms with Gasteiger partial charge in [0.1, 0.15) is 0 Å². The molecule has 0 atom stereocenters. The van der Waals surface area contributed by atoms with Crippen molar-refractivity contribution in [3.05, 3.63) is 35.7 Å². The number of fused-ring (bicyclic) bond motifs is 1. The third-order valence-corrected chi connectivity index (χ3v) is 2.75. The van der Waals surface area contributed by atoms with Gasteiger partial charge in [0.05, 0.1) is 5.69 Å². The molecule has 1 aromatic carbocycles. The number of para-hydroxylation sites is 1. The van der Waals surface area contributed by atoms with Gasteiger partial charge in [-0.1, -0.05) is 17.3 Å². The first kappa shape index (κ1) is 11.0. The lowest BCUT2D eigenvalue weighted by Gasteiger charge is -2.06. The Labute approximate surface area is 105 Å². The maximum absolute atomic E-state index is 5.44. The monoisotopic (exact) mass is 246 g/mol. The number of aryl methyl sites for hydroxylation is 1. The molecule has 3 rings (SSSR count). The molecule has 1 aliphatic heterocycles. The highest BCUT2D eigenvalue weighted by Crippen LogP contribution is 2.35. The van der Waals surface area contributed by atoms with E-state index in [9.17, 15) is 0 Å². The zero-order valence-corrected chi connectivity index (χ0v) is 10.1. The molecule has 0 saturated carbocycles. The molecule has 1 N–H and O–H groups in total. The van der Waals surface area contributed by atoms with E-state index in [1.54, 1.807) is 4.68 Å². The van der Waals surface area contributed by atoms with Crippen molar-refractivity contribution < 1.29 is 9.47 Å². The SMILES string of the molecule is Cn1cc(CNCc2cccc3c2OCO3)nn1. The summed E-state index contributed by atoms with van der Waals surface area (Å²) in [5, 5.41) is 11.2. The second-order valence-electron chi connectivity index (χ2n) is 4.14. The van der Waals surface area contributed by atoms with Crippen LogP contribution in [0.25, 0.3) is 0 Å². The van der Waals surface area contributed by atoms with Crippen molar-refractivity contribution >= 4 is 0 Å². The van der Waals surface area contributed by atoms with E-state index >= 15 is 0 Å². The highest BCUT2D eigenvalue weighted by molar-refractivity contribution is 5.48. The van der Waals surface area contributed by atoms with Crippen molar-refractivity contribution in [1.82, 2.24) is 20.3 Å². The van der Waals surface area contributed by atoms with Crippen LogP contribution in [-0.2, 0) is 20.1 Å². The van der Waals surface area contributed by atoms with Crippen molar-refractivity contribution in [2.24, 2.45) is 7.05 Å². The molecular formula is C12H14N4O2. The predicted molar refractivity (Wildman–Crippen MR) is 64.1 cm³/mol. The van der Waals surface area contributed by atoms with Crippen LogP contribution >= 0.6 is 0 Å². The summed E-state index contributed by atoms with van der Waals surface area (Å²) in [6.45, 7) is 1.69. The maximum atomic E-state index is 5.44. The smallest absolute Gasteiger partial charge is 0.231 e. The molecule has 18 heavy (non-hydrogen) atoms. The molecule has 6 heteroatoms. The summed E-state index contributed by atoms with van der Waals surface area (Å²) >= 11 is 0. The van der Waals surface area contributed by atoms with Crippen molar-refractivity contribution in [3.8, 4) is 11.5 Å². The Morgan fingerprint density at radius 2 is 2.28 bits per heavy atom. The Morgan fingerprint density at radius 3 is 3.11 bits per heavy atom. The molecule has 0 aliphatic carbocycles. The second-order valence-corrected chi connectivity index (χ2v) is 4.14. The van der Waals surface area contributed by atoms with E-state index in [-0.39, 0.29) is 0 Å². The third-order valence-electron chi connectivity index (χ3n) is 2.75. The zero-order valence-electron chi connectivity index (χ0n) is 10.1. The van der Waals surface area contributed by atoms with Crippen LogP contribution in [0.15, 0.2) is 24.4 Å². The van der Waals surface area contributed by atoms with Crippen LogP contribution in [0.3, 0.4) is 0 Å². The normalized spacial score (nSPS) is 12.9. The second kappa shape index (κ2) is 4.66. The summed E-state index contributed by atoms with van der Waals surface area (Å²) in [5.41, 5.74) is 2.01. The maximum Gasteiger partial charge on any atom is 0.231 e. The highest BCUT2D eigenvalue weighted by Gasteiger charge is 2.16. The molecule has 0 fully saturated rings. The minimum Gasteiger partial charge on any atom is -0.454 e. The van der Waals surface area contributed by atoms with Gasteiger partial charge < -0.3 is 14.8 Å². The summed E-state index contributed by atoms with van der Waals surface area (Å²) in [6.07, 6.45) is 1.89. The van der Waals surface area contributed by atoms with E-state index in [4.69, 9.17) is 9.47 Å². The summed E-state index contributed by atoms with van der Waals surface area (Å²) in [5.74, 6) is 1.65. The third kappa shape index (κ3) is 2.14. The van der Waals surface area contributed by atoms with Gasteiger partial charge in [0.2, 0.25) is 6.79 Å². The van der Waals surface area contributed by atoms with Gasteiger partial charge in [0.15, 0.2) is 11.5 Å². The van der Waals surface area contributed by atoms with E-state index in [0.717, 1.165) is 22.8 Å². The minimum absolute atomic E-state index is 0.302. The molecule has 1 aromatic heterocycles. The largest absolute Gasteiger partial charge is 0.454 e. The van der Waals surface area contributed by atoms with Gasteiger partial charge >= 0.3 is 0 Å². The lowest BCUT2D eigenvalue weighted by Crippen LogP contribution is -2.13. The topological polar surface area (TPSA) is 61.2 Å². The highest BCUT2D eigenvalue weighted by atomic mass is 16.7. The molecular weight excluding hydrogens is 232 g/mol. The molecule has 2 aromatic rings. The molecule has 0 saturated heterocycles. The Hall–Kier alpha value is -2.08. The Balaban J connectivity index is 1.62. The number of rotatable bonds is 4. The minimum atomic E-state index is 0.302. The van der Waals surface area contributed by atoms with Crippen LogP contribution in [0.2, 0.25) is 0 Å². The zero-order chi connectivity index (χ0) is 12.4. The van der Waals surface area contributed by atoms with Crippen LogP contribution in [-0.4, -0.2) is 21.8 Å². The molecule has 0 radical (unpaired) electrons. The first-order valence-corrected chi connectivity index (χ1v) is 5.76. The molecule has 0 bridgehead atoms. The van der Waals surface area contributed by atoms with Gasteiger partial charge in [0, 0.05) is 31.9 Å². The molecule has 0 amide bonds. The number of hydrogen-bond donors (Lipinski definition) is 1. The Bertz CT molecular complexity index is 553. The summed E-state index contributed by atoms with van der Waals surface area (Å²) < 4.78 is 12.5. The summed E-state index contributed by atoms with van der Waals surface area (Å²) in [4.78, 5) is 0. The predicted octanol–water partition coefficient (Wildman–Crippen LogP) is 0.834. The Kier molecular flexibility index (Phi) is 2.85. The van der Waals surface area contributed by atoms with Gasteiger partial charge in [-0.2, -0.15) is 0 Å². The number of ether oxygens (including phenoxy) is 2. The van der Waals surface area contributed by atoms with Crippen molar-refractivity contribution in [2.45, 2.75) is 13.1 Å². The fourth-order valence-electron chi connectivity index (χ4n) is 1.93. The number of hydrogen-bond acceptors (Lipinski definition) is 5. The average Bonchev–Trinajstić information content (AvgIpc) is 2.98. The first-order valence-electron chi connectivity index (χ1n) is 5.76. The quantitative estimate of drug-likeness (QED) is 0.866. The first-order chi connectivity index (χ1) is 8.83. The number of nitrogens with zero attached hydrogens (tertiary/aromatic N) is 3. The molecule has 6 nitrogen and oxygen atoms in total. The Morgan fingerprint density at radius 1 is 1.33 bits per heavy atom. The fraction of sp³-hybridized carbons (Fsp3) is 0.333. The van der Waals surface area contributed by atoms with Gasteiger partial charge in [-0.05, 0) is 6.07 Å². The van der Waals surface area contributed by atoms with Crippen molar-refractivity contribution in [1.29, 1.82) is 0 Å². The van der Waals surface area contributed by atoms with Crippen LogP contribution in [0.5, 0.6) is 11.5 Å². The fourth-order valence-corrected chi connectivity index (χ4v) is 1.93. The molecule has 94 valence electrons. The standard InChI is InChI=1S/C12H14N4O2/c1-16-7-10(14-15-16)6-13-5-9-3-2-4-11-12(9)18-8-17-11/h2-4,7,13H,5-6,8H2,1H3. The van der Waals surface area contributed by atoms with Crippen LogP contribution in [0.4, 0.5) is 0 Å². The summed E-state index contributed by atoms with van der Waals surface area (Å²) in [6, 6.07) is 5.90. The lowest BCUT2D eigenvalue weighted by molar-refractivity contribution is 0.173. The van der Waals surface area contributed by atoms with Crippen molar-refractivity contribution in [3.63, 3.8) is 0 Å². The van der Waals surface area contributed by atoms with E-state index in [2.05, 4.69) is 15.6 Å². The molecule has 1 aliphatic rings. The molecule has 0 unspecified atom stereocenters. The van der Waals surface area contributed by atoms with Crippen LogP contribution < -0.4 is 14.8 Å². The van der Waals surface area contributed by atoms with Gasteiger partial charge in [-0.25, -0.2) is 0 Å². The lowest BCUT2D eigenvalue weighted by atomic mass is 10.2. The van der Waals surface area contributed by atoms with Crippen LogP contribution in [0, 0.1) is 0 Å². The van der Waals surface area contributed by atoms with Gasteiger partial charge in [-0.15, -0.1) is 5.10 Å². The van der Waals surface area contributed by atoms with E-state index < -0.39 is 0 Å². The van der Waals surface area contributed by atoms with Gasteiger partial charge in [-0.3, -0.25) is 4.68 Å². The van der Waals surface area contributed by atoms with Gasteiger partial charge in [0.25, 0.3) is 0 Å². The van der Waals surface area contributed by atoms with Crippen LogP contribution in [0.1, 0.15) is 11.3 Å². The van der Waals surface area contributed by atoms with E-state index in [1.807, 2.05) is 31.4 Å². The average molecular weight is 246 g/mol. The van der Waals surface area contributed by atoms with E-state index in [0.29, 0.717) is 19.9 Å². The summed E-state index contributed by atoms with van der Waals surface area (Å²) in [7, 11) is 1.85. The number of benzene rings is 1. The number of aromatic nitrogens is 3. The molecule has 2 heterocycles. The van der Waals surface area contributed by atoms with E-state index in [1.165, 1.54) is 0 Å².